The number of aromatic hydroxyl groups is 2. The zero-order chi connectivity index (χ0) is 46.2. The van der Waals surface area contributed by atoms with E-state index in [2.05, 4.69) is 20.5 Å². The summed E-state index contributed by atoms with van der Waals surface area (Å²) in [6, 6.07) is 9.93. The Kier molecular flexibility index (Phi) is 13.8. The molecule has 0 spiro atoms. The van der Waals surface area contributed by atoms with Crippen LogP contribution < -0.4 is 20.4 Å². The van der Waals surface area contributed by atoms with Crippen molar-refractivity contribution in [3.8, 4) is 34.5 Å². The van der Waals surface area contributed by atoms with Gasteiger partial charge in [-0.1, -0.05) is 35.1 Å². The molecule has 0 saturated heterocycles. The summed E-state index contributed by atoms with van der Waals surface area (Å²) in [6.45, 7) is 2.22. The SMILES string of the molecule is CC(=O)c1cc(N=Nc2c(O)cc(S(=O)(=O)[O-])c3cc([N+](=O)[O-])ccc23)c([O-])cc1[O-].CC(=O)c1cc(N=Nc2c(O)cc(S(=O)(=O)[O-])c3cc([N+](=O)[O-])ccc23)c([O-])cc1[O-].[Fe+3]. The zero-order valence-electron chi connectivity index (χ0n) is 31.2. The summed E-state index contributed by atoms with van der Waals surface area (Å²) in [4.78, 5) is 41.6. The van der Waals surface area contributed by atoms with E-state index < -0.39 is 131 Å². The van der Waals surface area contributed by atoms with Crippen molar-refractivity contribution in [2.45, 2.75) is 23.6 Å². The van der Waals surface area contributed by atoms with Gasteiger partial charge in [-0.2, -0.15) is 10.2 Å². The van der Waals surface area contributed by atoms with Crippen molar-refractivity contribution < 1.29 is 93.1 Å². The number of carbonyl (C=O) groups is 2. The largest absolute Gasteiger partial charge is 3.00 e. The van der Waals surface area contributed by atoms with Gasteiger partial charge in [-0.3, -0.25) is 29.8 Å². The summed E-state index contributed by atoms with van der Waals surface area (Å²) < 4.78 is 69.3. The number of Topliss-reactive ketones (excluding diaryl/α,β-unsaturated/α-hetero) is 2. The van der Waals surface area contributed by atoms with Crippen LogP contribution in [0.1, 0.15) is 34.6 Å². The molecule has 0 atom stereocenters. The fourth-order valence-corrected chi connectivity index (χ4v) is 6.95. The normalized spacial score (nSPS) is 11.6. The molecule has 0 aromatic heterocycles. The number of nitrogens with zero attached hydrogens (tertiary/aromatic N) is 6. The Bertz CT molecular complexity index is 3020. The first-order valence-corrected chi connectivity index (χ1v) is 19.3. The molecule has 0 amide bonds. The first kappa shape index (κ1) is 48.0. The number of nitro groups is 2. The van der Waals surface area contributed by atoms with Gasteiger partial charge in [0.1, 0.15) is 43.1 Å². The van der Waals surface area contributed by atoms with Crippen molar-refractivity contribution in [2.75, 3.05) is 0 Å². The molecule has 0 aliphatic heterocycles. The second kappa shape index (κ2) is 18.1. The fraction of sp³-hybridized carbons (Fsp3) is 0.0556. The number of nitro benzene ring substituents is 2. The van der Waals surface area contributed by atoms with Gasteiger partial charge in [0.25, 0.3) is 11.4 Å². The third kappa shape index (κ3) is 10.3. The maximum Gasteiger partial charge on any atom is 3.00 e. The number of hydrogen-bond donors (Lipinski definition) is 2. The summed E-state index contributed by atoms with van der Waals surface area (Å²) in [5.41, 5.74) is -3.30. The average molecular weight is 945 g/mol. The van der Waals surface area contributed by atoms with Gasteiger partial charge in [0.2, 0.25) is 0 Å². The first-order valence-electron chi connectivity index (χ1n) is 16.5. The van der Waals surface area contributed by atoms with Crippen LogP contribution in [-0.4, -0.2) is 57.6 Å². The van der Waals surface area contributed by atoms with E-state index in [1.165, 1.54) is 0 Å². The number of fused-ring (bicyclic) bond motifs is 2. The van der Waals surface area contributed by atoms with Gasteiger partial charge < -0.3 is 39.7 Å². The van der Waals surface area contributed by atoms with Crippen molar-refractivity contribution in [3.63, 3.8) is 0 Å². The number of hydrogen-bond acceptors (Lipinski definition) is 22. The topological polar surface area (TPSA) is 417 Å². The molecule has 0 aliphatic carbocycles. The predicted octanol–water partition coefficient (Wildman–Crippen LogP) is 4.24. The molecule has 0 fully saturated rings. The summed E-state index contributed by atoms with van der Waals surface area (Å²) in [5, 5.41) is 103. The Morgan fingerprint density at radius 1 is 0.524 bits per heavy atom. The average Bonchev–Trinajstić information content (AvgIpc) is 3.16. The van der Waals surface area contributed by atoms with Gasteiger partial charge in [-0.15, -0.1) is 10.2 Å². The smallest absolute Gasteiger partial charge is 0.872 e. The molecule has 1 radical (unpaired) electrons. The fourth-order valence-electron chi connectivity index (χ4n) is 5.57. The van der Waals surface area contributed by atoms with Crippen molar-refractivity contribution in [1.29, 1.82) is 0 Å². The van der Waals surface area contributed by atoms with E-state index >= 15 is 0 Å². The van der Waals surface area contributed by atoms with Gasteiger partial charge in [0.05, 0.1) is 31.0 Å². The van der Waals surface area contributed by atoms with Crippen molar-refractivity contribution in [3.05, 3.63) is 104 Å². The molecule has 2 N–H and O–H groups in total. The molecule has 0 saturated carbocycles. The quantitative estimate of drug-likeness (QED) is 0.0484. The van der Waals surface area contributed by atoms with Crippen LogP contribution in [0.15, 0.2) is 103 Å². The van der Waals surface area contributed by atoms with Crippen molar-refractivity contribution >= 4 is 87.5 Å². The zero-order valence-corrected chi connectivity index (χ0v) is 33.9. The number of carbonyl (C=O) groups excluding carboxylic acids is 2. The monoisotopic (exact) mass is 944 g/mol. The maximum atomic E-state index is 12.0. The van der Waals surface area contributed by atoms with Crippen LogP contribution in [0.2, 0.25) is 0 Å². The molecule has 27 heteroatoms. The Hall–Kier alpha value is -7.68. The van der Waals surface area contributed by atoms with Gasteiger partial charge in [-0.25, -0.2) is 16.8 Å². The second-order valence-corrected chi connectivity index (χ2v) is 15.2. The minimum Gasteiger partial charge on any atom is -0.872 e. The van der Waals surface area contributed by atoms with Gasteiger partial charge in [0.15, 0.2) is 11.6 Å². The van der Waals surface area contributed by atoms with Crippen LogP contribution in [0, 0.1) is 20.2 Å². The Morgan fingerprint density at radius 2 is 0.857 bits per heavy atom. The van der Waals surface area contributed by atoms with E-state index in [-0.39, 0.29) is 39.0 Å². The van der Waals surface area contributed by atoms with E-state index in [0.29, 0.717) is 24.3 Å². The summed E-state index contributed by atoms with van der Waals surface area (Å²) in [7, 11) is -10.3. The van der Waals surface area contributed by atoms with Crippen molar-refractivity contribution in [1.82, 2.24) is 0 Å². The Balaban J connectivity index is 0.000000272. The molecule has 0 bridgehead atoms. The van der Waals surface area contributed by atoms with Crippen LogP contribution in [0.4, 0.5) is 34.1 Å². The number of benzene rings is 6. The van der Waals surface area contributed by atoms with Gasteiger partial charge in [0, 0.05) is 69.1 Å². The number of phenolic OH excluding ortho intramolecular Hbond substituents is 2. The molecule has 6 aromatic carbocycles. The summed E-state index contributed by atoms with van der Waals surface area (Å²) in [5.74, 6) is -6.18. The Labute approximate surface area is 362 Å². The van der Waals surface area contributed by atoms with Crippen LogP contribution >= 0.6 is 0 Å². The molecular weight excluding hydrogens is 924 g/mol. The third-order valence-electron chi connectivity index (χ3n) is 8.43. The molecule has 63 heavy (non-hydrogen) atoms. The van der Waals surface area contributed by atoms with E-state index in [0.717, 1.165) is 62.4 Å². The number of ketones is 2. The molecule has 6 aromatic rings. The number of non-ortho nitro benzene ring substituents is 2. The van der Waals surface area contributed by atoms with Crippen LogP contribution in [0.3, 0.4) is 0 Å². The van der Waals surface area contributed by atoms with Crippen LogP contribution in [0.25, 0.3) is 21.5 Å². The molecule has 24 nitrogen and oxygen atoms in total. The third-order valence-corrected chi connectivity index (χ3v) is 10.2. The van der Waals surface area contributed by atoms with Crippen LogP contribution in [-0.2, 0) is 37.3 Å². The summed E-state index contributed by atoms with van der Waals surface area (Å²) in [6.07, 6.45) is 0. The molecule has 0 unspecified atom stereocenters. The molecular formula is C36H20FeN6O18S2-3. The minimum atomic E-state index is -5.13. The maximum absolute atomic E-state index is 12.0. The summed E-state index contributed by atoms with van der Waals surface area (Å²) >= 11 is 0. The first-order chi connectivity index (χ1) is 28.8. The second-order valence-electron chi connectivity index (χ2n) is 12.5. The molecule has 0 aliphatic rings. The Morgan fingerprint density at radius 3 is 1.14 bits per heavy atom. The molecule has 325 valence electrons. The standard InChI is InChI=1S/2C18H13N3O9S.Fe/c2*1-8(22)11-5-13(15(24)6-14(11)23)19-20-18-10-3-2-9(21(26)27)4-12(10)17(7-16(18)25)31(28,29)30;/h2*2-7,23-25H,1H3,(H,28,29,30);/q;;+3/p-6. The van der Waals surface area contributed by atoms with Gasteiger partial charge >= 0.3 is 17.1 Å². The van der Waals surface area contributed by atoms with E-state index in [4.69, 9.17) is 0 Å². The number of phenols is 2. The number of rotatable bonds is 10. The predicted molar refractivity (Wildman–Crippen MR) is 199 cm³/mol. The molecule has 6 rings (SSSR count). The van der Waals surface area contributed by atoms with Gasteiger partial charge in [-0.05, 0) is 38.1 Å². The van der Waals surface area contributed by atoms with Crippen LogP contribution in [0.5, 0.6) is 34.5 Å². The minimum absolute atomic E-state index is 0. The van der Waals surface area contributed by atoms with Crippen molar-refractivity contribution in [2.24, 2.45) is 20.5 Å². The van der Waals surface area contributed by atoms with E-state index in [9.17, 15) is 86.4 Å². The molecule has 0 heterocycles. The van der Waals surface area contributed by atoms with E-state index in [1.54, 1.807) is 0 Å². The van der Waals surface area contributed by atoms with E-state index in [1.807, 2.05) is 0 Å². The number of azo groups is 2.